The first-order chi connectivity index (χ1) is 10.0. The van der Waals surface area contributed by atoms with Crippen LogP contribution in [0, 0.1) is 0 Å². The Bertz CT molecular complexity index is 455. The molecule has 2 rings (SSSR count). The molecule has 1 heterocycles. The first-order valence-corrected chi connectivity index (χ1v) is 8.04. The average Bonchev–Trinajstić information content (AvgIpc) is 2.85. The van der Waals surface area contributed by atoms with E-state index in [2.05, 4.69) is 24.1 Å². The van der Waals surface area contributed by atoms with Crippen molar-refractivity contribution in [3.63, 3.8) is 0 Å². The molecule has 6 heteroatoms. The van der Waals surface area contributed by atoms with Crippen LogP contribution in [0.15, 0.2) is 6.20 Å². The van der Waals surface area contributed by atoms with Gasteiger partial charge in [-0.3, -0.25) is 4.68 Å². The van der Waals surface area contributed by atoms with Gasteiger partial charge in [0.15, 0.2) is 0 Å². The molecule has 2 N–H and O–H groups in total. The van der Waals surface area contributed by atoms with Crippen molar-refractivity contribution in [3.05, 3.63) is 16.9 Å². The Morgan fingerprint density at radius 2 is 2.10 bits per heavy atom. The molecule has 1 aliphatic rings. The molecule has 1 atom stereocenters. The van der Waals surface area contributed by atoms with Crippen molar-refractivity contribution in [2.75, 3.05) is 27.8 Å². The van der Waals surface area contributed by atoms with E-state index in [1.165, 1.54) is 19.3 Å². The van der Waals surface area contributed by atoms with Gasteiger partial charge in [-0.25, -0.2) is 0 Å². The summed E-state index contributed by atoms with van der Waals surface area (Å²) in [5.41, 5.74) is 7.60. The molecule has 21 heavy (non-hydrogen) atoms. The monoisotopic (exact) mass is 314 g/mol. The number of rotatable bonds is 6. The summed E-state index contributed by atoms with van der Waals surface area (Å²) in [7, 11) is 5.93. The second kappa shape index (κ2) is 7.09. The molecular weight excluding hydrogens is 288 g/mol. The van der Waals surface area contributed by atoms with Gasteiger partial charge in [0.1, 0.15) is 0 Å². The lowest BCUT2D eigenvalue weighted by molar-refractivity contribution is 0.0674. The van der Waals surface area contributed by atoms with Gasteiger partial charge in [0, 0.05) is 12.6 Å². The van der Waals surface area contributed by atoms with Crippen LogP contribution in [0.3, 0.4) is 0 Å². The average molecular weight is 315 g/mol. The minimum absolute atomic E-state index is 0.0350. The van der Waals surface area contributed by atoms with Crippen molar-refractivity contribution >= 4 is 11.6 Å². The first-order valence-electron chi connectivity index (χ1n) is 7.66. The predicted octanol–water partition coefficient (Wildman–Crippen LogP) is 2.45. The lowest BCUT2D eigenvalue weighted by atomic mass is 9.74. The van der Waals surface area contributed by atoms with Crippen LogP contribution in [0.5, 0.6) is 0 Å². The summed E-state index contributed by atoms with van der Waals surface area (Å²) in [5, 5.41) is 5.02. The van der Waals surface area contributed by atoms with Gasteiger partial charge in [0.25, 0.3) is 0 Å². The first kappa shape index (κ1) is 16.7. The fraction of sp³-hybridized carbons (Fsp3) is 0.800. The van der Waals surface area contributed by atoms with Crippen LogP contribution in [0.2, 0.25) is 5.02 Å². The second-order valence-corrected chi connectivity index (χ2v) is 6.54. The van der Waals surface area contributed by atoms with Gasteiger partial charge in [-0.15, -0.1) is 0 Å². The molecule has 1 aliphatic carbocycles. The lowest BCUT2D eigenvalue weighted by Crippen LogP contribution is -2.54. The molecule has 1 fully saturated rings. The van der Waals surface area contributed by atoms with Crippen molar-refractivity contribution in [3.8, 4) is 0 Å². The van der Waals surface area contributed by atoms with Crippen LogP contribution >= 0.6 is 11.6 Å². The molecule has 0 radical (unpaired) electrons. The number of nitrogens with zero attached hydrogens (tertiary/aromatic N) is 3. The third kappa shape index (κ3) is 3.26. The molecule has 1 unspecified atom stereocenters. The molecule has 1 saturated carbocycles. The highest BCUT2D eigenvalue weighted by Crippen LogP contribution is 2.42. The number of likely N-dealkylation sites (N-methyl/N-ethyl adjacent to an activating group) is 1. The highest BCUT2D eigenvalue weighted by Gasteiger charge is 2.42. The number of hydrogen-bond acceptors (Lipinski definition) is 4. The van der Waals surface area contributed by atoms with Crippen molar-refractivity contribution in [2.24, 2.45) is 5.73 Å². The number of halogens is 1. The summed E-state index contributed by atoms with van der Waals surface area (Å²) in [6, 6.07) is -0.139. The Labute approximate surface area is 132 Å². The Kier molecular flexibility index (Phi) is 5.66. The molecule has 120 valence electrons. The van der Waals surface area contributed by atoms with E-state index in [0.29, 0.717) is 18.2 Å². The van der Waals surface area contributed by atoms with Crippen molar-refractivity contribution in [2.45, 2.75) is 50.2 Å². The molecule has 0 aliphatic heterocycles. The number of nitrogens with two attached hydrogens (primary N) is 1. The van der Waals surface area contributed by atoms with Gasteiger partial charge in [0.2, 0.25) is 0 Å². The molecule has 0 bridgehead atoms. The Morgan fingerprint density at radius 1 is 1.43 bits per heavy atom. The fourth-order valence-electron chi connectivity index (χ4n) is 3.49. The molecule has 0 spiro atoms. The maximum atomic E-state index is 6.70. The van der Waals surface area contributed by atoms with Gasteiger partial charge in [0.05, 0.1) is 36.1 Å². The summed E-state index contributed by atoms with van der Waals surface area (Å²) >= 11 is 6.38. The van der Waals surface area contributed by atoms with E-state index in [9.17, 15) is 0 Å². The van der Waals surface area contributed by atoms with Crippen LogP contribution in [0.25, 0.3) is 0 Å². The molecule has 5 nitrogen and oxygen atoms in total. The van der Waals surface area contributed by atoms with Crippen LogP contribution in [0.1, 0.15) is 43.8 Å². The zero-order valence-electron chi connectivity index (χ0n) is 13.3. The zero-order chi connectivity index (χ0) is 15.5. The van der Waals surface area contributed by atoms with Crippen molar-refractivity contribution < 1.29 is 4.74 Å². The molecule has 1 aromatic rings. The maximum Gasteiger partial charge on any atom is 0.0834 e. The van der Waals surface area contributed by atoms with E-state index >= 15 is 0 Å². The third-order valence-corrected chi connectivity index (χ3v) is 5.12. The topological polar surface area (TPSA) is 56.3 Å². The summed E-state index contributed by atoms with van der Waals surface area (Å²) in [4.78, 5) is 2.28. The van der Waals surface area contributed by atoms with Gasteiger partial charge in [-0.2, -0.15) is 5.10 Å². The molecule has 0 saturated heterocycles. The highest BCUT2D eigenvalue weighted by atomic mass is 35.5. The number of hydrogen-bond donors (Lipinski definition) is 1. The number of methoxy groups -OCH3 is 1. The quantitative estimate of drug-likeness (QED) is 0.876. The van der Waals surface area contributed by atoms with E-state index in [0.717, 1.165) is 18.5 Å². The summed E-state index contributed by atoms with van der Waals surface area (Å²) < 4.78 is 7.05. The summed E-state index contributed by atoms with van der Waals surface area (Å²) in [6.45, 7) is 1.28. The second-order valence-electron chi connectivity index (χ2n) is 6.13. The van der Waals surface area contributed by atoms with Gasteiger partial charge in [-0.05, 0) is 26.9 Å². The number of aromatic nitrogens is 2. The molecule has 0 amide bonds. The van der Waals surface area contributed by atoms with Crippen molar-refractivity contribution in [1.29, 1.82) is 0 Å². The highest BCUT2D eigenvalue weighted by molar-refractivity contribution is 6.31. The van der Waals surface area contributed by atoms with E-state index in [4.69, 9.17) is 22.1 Å². The summed E-state index contributed by atoms with van der Waals surface area (Å²) in [5.74, 6) is 0. The smallest absolute Gasteiger partial charge is 0.0834 e. The van der Waals surface area contributed by atoms with Gasteiger partial charge >= 0.3 is 0 Å². The SMILES string of the molecule is COCCn1ncc(Cl)c1C(N)C1(N(C)C)CCCCC1. The zero-order valence-corrected chi connectivity index (χ0v) is 14.1. The van der Waals surface area contributed by atoms with Crippen LogP contribution in [-0.4, -0.2) is 48.0 Å². The minimum atomic E-state index is -0.139. The van der Waals surface area contributed by atoms with Crippen LogP contribution < -0.4 is 5.73 Å². The van der Waals surface area contributed by atoms with Crippen molar-refractivity contribution in [1.82, 2.24) is 14.7 Å². The Balaban J connectivity index is 2.32. The fourth-order valence-corrected chi connectivity index (χ4v) is 3.75. The van der Waals surface area contributed by atoms with Crippen LogP contribution in [0.4, 0.5) is 0 Å². The van der Waals surface area contributed by atoms with Gasteiger partial charge in [-0.1, -0.05) is 30.9 Å². The lowest BCUT2D eigenvalue weighted by Gasteiger charge is -2.47. The number of ether oxygens (including phenoxy) is 1. The van der Waals surface area contributed by atoms with E-state index in [1.807, 2.05) is 4.68 Å². The normalized spacial score (nSPS) is 19.9. The van der Waals surface area contributed by atoms with Gasteiger partial charge < -0.3 is 15.4 Å². The predicted molar refractivity (Wildman–Crippen MR) is 85.5 cm³/mol. The third-order valence-electron chi connectivity index (χ3n) is 4.82. The Hall–Kier alpha value is -0.620. The standard InChI is InChI=1S/C15H27ClN4O/c1-19(2)15(7-5-4-6-8-15)14(17)13-12(16)11-18-20(13)9-10-21-3/h11,14H,4-10,17H2,1-3H3. The molecular formula is C15H27ClN4O. The Morgan fingerprint density at radius 3 is 2.67 bits per heavy atom. The minimum Gasteiger partial charge on any atom is -0.383 e. The summed E-state index contributed by atoms with van der Waals surface area (Å²) in [6.07, 6.45) is 7.63. The van der Waals surface area contributed by atoms with E-state index in [1.54, 1.807) is 13.3 Å². The van der Waals surface area contributed by atoms with Crippen LogP contribution in [-0.2, 0) is 11.3 Å². The molecule has 1 aromatic heterocycles. The van der Waals surface area contributed by atoms with E-state index < -0.39 is 0 Å². The maximum absolute atomic E-state index is 6.70. The largest absolute Gasteiger partial charge is 0.383 e. The van der Waals surface area contributed by atoms with E-state index in [-0.39, 0.29) is 11.6 Å². The molecule has 0 aromatic carbocycles.